The Labute approximate surface area is 74.8 Å². The van der Waals surface area contributed by atoms with Crippen LogP contribution in [0.1, 0.15) is 0 Å². The fourth-order valence-corrected chi connectivity index (χ4v) is 1.56. The number of hydrogen-bond acceptors (Lipinski definition) is 2. The average molecular weight is 169 g/mol. The van der Waals surface area contributed by atoms with Crippen molar-refractivity contribution < 1.29 is 4.42 Å². The van der Waals surface area contributed by atoms with Gasteiger partial charge in [0.05, 0.1) is 0 Å². The van der Waals surface area contributed by atoms with Crippen LogP contribution < -0.4 is 0 Å². The molecule has 0 radical (unpaired) electrons. The number of para-hydroxylation sites is 1. The van der Waals surface area contributed by atoms with Gasteiger partial charge in [0.2, 0.25) is 5.71 Å². The zero-order valence-electron chi connectivity index (χ0n) is 6.90. The first kappa shape index (κ1) is 6.66. The third kappa shape index (κ3) is 0.855. The number of furan rings is 1. The number of rotatable bonds is 0. The van der Waals surface area contributed by atoms with E-state index in [0.29, 0.717) is 5.71 Å². The van der Waals surface area contributed by atoms with Crippen molar-refractivity contribution in [3.8, 4) is 0 Å². The van der Waals surface area contributed by atoms with Gasteiger partial charge in [-0.25, -0.2) is 4.98 Å². The van der Waals surface area contributed by atoms with Crippen molar-refractivity contribution in [2.24, 2.45) is 0 Å². The first-order valence-corrected chi connectivity index (χ1v) is 4.17. The molecule has 2 nitrogen and oxygen atoms in total. The Kier molecular flexibility index (Phi) is 1.19. The van der Waals surface area contributed by atoms with Gasteiger partial charge in [-0.3, -0.25) is 0 Å². The molecule has 3 rings (SSSR count). The summed E-state index contributed by atoms with van der Waals surface area (Å²) in [5.74, 6) is 0. The van der Waals surface area contributed by atoms with E-state index >= 15 is 0 Å². The topological polar surface area (TPSA) is 26.0 Å². The molecule has 0 N–H and O–H groups in total. The van der Waals surface area contributed by atoms with Crippen LogP contribution in [0.15, 0.2) is 47.0 Å². The van der Waals surface area contributed by atoms with Crippen molar-refractivity contribution in [2.45, 2.75) is 0 Å². The van der Waals surface area contributed by atoms with Crippen molar-refractivity contribution in [2.75, 3.05) is 0 Å². The van der Waals surface area contributed by atoms with Crippen LogP contribution in [-0.4, -0.2) is 4.98 Å². The summed E-state index contributed by atoms with van der Waals surface area (Å²) in [4.78, 5) is 4.15. The lowest BCUT2D eigenvalue weighted by Crippen LogP contribution is -1.68. The fourth-order valence-electron chi connectivity index (χ4n) is 1.56. The van der Waals surface area contributed by atoms with Crippen LogP contribution in [0.2, 0.25) is 0 Å². The number of aromatic nitrogens is 1. The summed E-state index contributed by atoms with van der Waals surface area (Å²) in [6.45, 7) is 0. The predicted molar refractivity (Wildman–Crippen MR) is 51.5 cm³/mol. The second-order valence-electron chi connectivity index (χ2n) is 2.95. The van der Waals surface area contributed by atoms with E-state index in [9.17, 15) is 0 Å². The lowest BCUT2D eigenvalue weighted by atomic mass is 10.2. The van der Waals surface area contributed by atoms with Gasteiger partial charge in [-0.2, -0.15) is 0 Å². The maximum atomic E-state index is 5.54. The summed E-state index contributed by atoms with van der Waals surface area (Å²) in [6.07, 6.45) is 1.74. The number of benzene rings is 1. The van der Waals surface area contributed by atoms with Crippen molar-refractivity contribution in [3.63, 3.8) is 0 Å². The molecule has 0 aliphatic heterocycles. The van der Waals surface area contributed by atoms with Crippen molar-refractivity contribution in [1.29, 1.82) is 0 Å². The molecule has 0 bridgehead atoms. The average Bonchev–Trinajstić information content (AvgIpc) is 2.56. The summed E-state index contributed by atoms with van der Waals surface area (Å²) in [5.41, 5.74) is 1.61. The lowest BCUT2D eigenvalue weighted by Gasteiger charge is -1.84. The van der Waals surface area contributed by atoms with Gasteiger partial charge in [-0.05, 0) is 18.2 Å². The minimum absolute atomic E-state index is 0.712. The molecule has 0 spiro atoms. The highest BCUT2D eigenvalue weighted by atomic mass is 16.3. The van der Waals surface area contributed by atoms with E-state index in [-0.39, 0.29) is 0 Å². The maximum absolute atomic E-state index is 5.54. The van der Waals surface area contributed by atoms with Crippen LogP contribution in [0.3, 0.4) is 0 Å². The number of pyridine rings is 1. The van der Waals surface area contributed by atoms with Crippen LogP contribution in [0.4, 0.5) is 0 Å². The molecule has 62 valence electrons. The molecule has 0 atom stereocenters. The molecule has 3 aromatic rings. The Morgan fingerprint density at radius 2 is 1.77 bits per heavy atom. The minimum atomic E-state index is 0.712. The van der Waals surface area contributed by atoms with E-state index in [0.717, 1.165) is 16.4 Å². The van der Waals surface area contributed by atoms with Crippen molar-refractivity contribution in [3.05, 3.63) is 42.6 Å². The molecule has 2 heteroatoms. The summed E-state index contributed by atoms with van der Waals surface area (Å²) in [6, 6.07) is 11.9. The van der Waals surface area contributed by atoms with E-state index in [1.54, 1.807) is 6.20 Å². The van der Waals surface area contributed by atoms with Crippen LogP contribution in [-0.2, 0) is 0 Å². The first-order chi connectivity index (χ1) is 6.45. The maximum Gasteiger partial charge on any atom is 0.227 e. The lowest BCUT2D eigenvalue weighted by molar-refractivity contribution is 0.654. The molecule has 0 aliphatic rings. The zero-order valence-corrected chi connectivity index (χ0v) is 6.90. The number of hydrogen-bond donors (Lipinski definition) is 0. The zero-order chi connectivity index (χ0) is 8.67. The Balaban J connectivity index is 2.64. The van der Waals surface area contributed by atoms with Gasteiger partial charge in [0.1, 0.15) is 5.58 Å². The second-order valence-corrected chi connectivity index (χ2v) is 2.95. The molecule has 0 fully saturated rings. The van der Waals surface area contributed by atoms with Gasteiger partial charge in [0.25, 0.3) is 0 Å². The molecule has 0 unspecified atom stereocenters. The van der Waals surface area contributed by atoms with Gasteiger partial charge in [0.15, 0.2) is 0 Å². The highest BCUT2D eigenvalue weighted by molar-refractivity contribution is 6.03. The Bertz CT molecular complexity index is 518. The van der Waals surface area contributed by atoms with Gasteiger partial charge in [-0.1, -0.05) is 18.2 Å². The highest BCUT2D eigenvalue weighted by Gasteiger charge is 2.04. The van der Waals surface area contributed by atoms with Gasteiger partial charge < -0.3 is 4.42 Å². The largest absolute Gasteiger partial charge is 0.438 e. The molecule has 13 heavy (non-hydrogen) atoms. The van der Waals surface area contributed by atoms with Crippen molar-refractivity contribution in [1.82, 2.24) is 4.98 Å². The van der Waals surface area contributed by atoms with Crippen molar-refractivity contribution >= 4 is 22.1 Å². The Hall–Kier alpha value is -1.83. The standard InChI is InChI=1S/C11H7NO/c1-2-6-10-8(4-1)9-5-3-7-12-11(9)13-10/h1-7H. The molecular weight excluding hydrogens is 162 g/mol. The smallest absolute Gasteiger partial charge is 0.227 e. The summed E-state index contributed by atoms with van der Waals surface area (Å²) >= 11 is 0. The SMILES string of the molecule is c1ccc2c(c1)oc1ncccc12. The van der Waals surface area contributed by atoms with E-state index in [1.165, 1.54) is 0 Å². The Morgan fingerprint density at radius 3 is 2.77 bits per heavy atom. The molecule has 0 saturated carbocycles. The second kappa shape index (κ2) is 2.33. The van der Waals surface area contributed by atoms with Crippen LogP contribution in [0, 0.1) is 0 Å². The molecule has 0 aliphatic carbocycles. The van der Waals surface area contributed by atoms with E-state index < -0.39 is 0 Å². The van der Waals surface area contributed by atoms with Gasteiger partial charge in [-0.15, -0.1) is 0 Å². The molecule has 2 aromatic heterocycles. The van der Waals surface area contributed by atoms with Crippen LogP contribution in [0.25, 0.3) is 22.1 Å². The molecular formula is C11H7NO. The predicted octanol–water partition coefficient (Wildman–Crippen LogP) is 2.98. The van der Waals surface area contributed by atoms with E-state index in [1.807, 2.05) is 36.4 Å². The van der Waals surface area contributed by atoms with Gasteiger partial charge in [0, 0.05) is 17.0 Å². The molecule has 0 saturated heterocycles. The first-order valence-electron chi connectivity index (χ1n) is 4.17. The van der Waals surface area contributed by atoms with Crippen LogP contribution in [0.5, 0.6) is 0 Å². The third-order valence-electron chi connectivity index (χ3n) is 2.16. The molecule has 1 aromatic carbocycles. The quantitative estimate of drug-likeness (QED) is 0.517. The number of fused-ring (bicyclic) bond motifs is 3. The van der Waals surface area contributed by atoms with E-state index in [4.69, 9.17) is 4.42 Å². The molecule has 2 heterocycles. The number of nitrogens with zero attached hydrogens (tertiary/aromatic N) is 1. The van der Waals surface area contributed by atoms with Gasteiger partial charge >= 0.3 is 0 Å². The van der Waals surface area contributed by atoms with E-state index in [2.05, 4.69) is 4.98 Å². The summed E-state index contributed by atoms with van der Waals surface area (Å²) in [5, 5.41) is 2.21. The Morgan fingerprint density at radius 1 is 0.923 bits per heavy atom. The highest BCUT2D eigenvalue weighted by Crippen LogP contribution is 2.25. The minimum Gasteiger partial charge on any atom is -0.438 e. The normalized spacial score (nSPS) is 11.1. The summed E-state index contributed by atoms with van der Waals surface area (Å²) in [7, 11) is 0. The monoisotopic (exact) mass is 169 g/mol. The fraction of sp³-hybridized carbons (Fsp3) is 0. The van der Waals surface area contributed by atoms with Crippen LogP contribution >= 0.6 is 0 Å². The molecule has 0 amide bonds. The third-order valence-corrected chi connectivity index (χ3v) is 2.16. The summed E-state index contributed by atoms with van der Waals surface area (Å²) < 4.78 is 5.54.